The number of aromatic amines is 1. The van der Waals surface area contributed by atoms with Gasteiger partial charge in [-0.3, -0.25) is 23.9 Å². The maximum absolute atomic E-state index is 13.7. The van der Waals surface area contributed by atoms with E-state index in [0.717, 1.165) is 10.5 Å². The number of esters is 1. The first-order chi connectivity index (χ1) is 16.8. The number of nitrogens with two attached hydrogens (primary N) is 1. The fourth-order valence-corrected chi connectivity index (χ4v) is 3.58. The number of carbonyl (C=O) groups is 2. The largest absolute Gasteiger partial charge is 0.456 e. The van der Waals surface area contributed by atoms with Crippen LogP contribution in [0.1, 0.15) is 30.9 Å². The van der Waals surface area contributed by atoms with Gasteiger partial charge in [0.15, 0.2) is 12.3 Å². The van der Waals surface area contributed by atoms with E-state index in [1.54, 1.807) is 49.4 Å². The molecule has 0 saturated heterocycles. The summed E-state index contributed by atoms with van der Waals surface area (Å²) in [7, 11) is 0. The Morgan fingerprint density at radius 2 is 1.77 bits per heavy atom. The van der Waals surface area contributed by atoms with E-state index >= 15 is 0 Å². The highest BCUT2D eigenvalue weighted by atomic mass is 19.1. The number of carbonyl (C=O) groups excluding carboxylic acids is 2. The van der Waals surface area contributed by atoms with Crippen LogP contribution in [0.5, 0.6) is 0 Å². The second kappa shape index (κ2) is 11.8. The normalized spacial score (nSPS) is 10.7. The van der Waals surface area contributed by atoms with Crippen molar-refractivity contribution in [2.45, 2.75) is 32.7 Å². The van der Waals surface area contributed by atoms with Crippen LogP contribution in [0, 0.1) is 5.82 Å². The van der Waals surface area contributed by atoms with Gasteiger partial charge in [0.1, 0.15) is 11.6 Å². The third-order valence-electron chi connectivity index (χ3n) is 5.33. The smallest absolute Gasteiger partial charge is 0.330 e. The number of ether oxygens (including phenoxy) is 1. The molecule has 3 rings (SSSR count). The Morgan fingerprint density at radius 1 is 1.09 bits per heavy atom. The Bertz CT molecular complexity index is 1300. The van der Waals surface area contributed by atoms with Gasteiger partial charge in [0.05, 0.1) is 6.54 Å². The summed E-state index contributed by atoms with van der Waals surface area (Å²) >= 11 is 0. The Kier molecular flexibility index (Phi) is 8.55. The van der Waals surface area contributed by atoms with Gasteiger partial charge in [-0.25, -0.2) is 9.18 Å². The molecule has 1 aromatic heterocycles. The molecule has 0 saturated carbocycles. The van der Waals surface area contributed by atoms with Crippen LogP contribution >= 0.6 is 0 Å². The van der Waals surface area contributed by atoms with Crippen molar-refractivity contribution in [1.29, 1.82) is 0 Å². The van der Waals surface area contributed by atoms with E-state index in [2.05, 4.69) is 4.98 Å². The third-order valence-corrected chi connectivity index (χ3v) is 5.33. The van der Waals surface area contributed by atoms with Crippen molar-refractivity contribution >= 4 is 23.4 Å². The zero-order valence-electron chi connectivity index (χ0n) is 19.3. The molecule has 0 spiro atoms. The molecule has 10 heteroatoms. The topological polar surface area (TPSA) is 127 Å². The Hall–Kier alpha value is -4.21. The molecule has 9 nitrogen and oxygen atoms in total. The maximum Gasteiger partial charge on any atom is 0.330 e. The molecule has 184 valence electrons. The number of nitrogens with zero attached hydrogens (tertiary/aromatic N) is 2. The molecule has 0 bridgehead atoms. The molecule has 1 amide bonds. The van der Waals surface area contributed by atoms with Crippen molar-refractivity contribution in [2.24, 2.45) is 0 Å². The van der Waals surface area contributed by atoms with Crippen LogP contribution in [0.25, 0.3) is 0 Å². The van der Waals surface area contributed by atoms with E-state index in [1.807, 2.05) is 6.07 Å². The summed E-state index contributed by atoms with van der Waals surface area (Å²) in [5, 5.41) is 0. The van der Waals surface area contributed by atoms with Crippen molar-refractivity contribution in [3.63, 3.8) is 0 Å². The maximum atomic E-state index is 13.7. The molecular weight excluding hydrogens is 455 g/mol. The fourth-order valence-electron chi connectivity index (χ4n) is 3.58. The molecule has 0 aliphatic heterocycles. The SMILES string of the molecule is CCCN(C(=O)COC(=O)CCc1ccccc1F)c1c(N)n(Cc2ccccc2)c(=O)[nH]c1=O. The number of halogens is 1. The standard InChI is InChI=1S/C25H27FN4O5/c1-2-14-29(20(31)16-35-21(32)13-12-18-10-6-7-11-19(18)26)22-23(27)30(25(34)28-24(22)33)15-17-8-4-3-5-9-17/h3-11H,2,12-16,27H2,1H3,(H,28,33,34). The highest BCUT2D eigenvalue weighted by molar-refractivity contribution is 5.97. The summed E-state index contributed by atoms with van der Waals surface area (Å²) in [6.07, 6.45) is 0.478. The number of rotatable bonds is 10. The number of hydrogen-bond donors (Lipinski definition) is 2. The number of nitrogens with one attached hydrogen (secondary N) is 1. The summed E-state index contributed by atoms with van der Waals surface area (Å²) in [5.41, 5.74) is 5.62. The number of hydrogen-bond acceptors (Lipinski definition) is 6. The zero-order valence-corrected chi connectivity index (χ0v) is 19.3. The molecule has 0 atom stereocenters. The van der Waals surface area contributed by atoms with Gasteiger partial charge in [0, 0.05) is 13.0 Å². The monoisotopic (exact) mass is 482 g/mol. The number of aromatic nitrogens is 2. The highest BCUT2D eigenvalue weighted by Crippen LogP contribution is 2.19. The predicted molar refractivity (Wildman–Crippen MR) is 130 cm³/mol. The highest BCUT2D eigenvalue weighted by Gasteiger charge is 2.24. The molecule has 0 aliphatic rings. The van der Waals surface area contributed by atoms with E-state index < -0.39 is 35.5 Å². The van der Waals surface area contributed by atoms with E-state index in [4.69, 9.17) is 10.5 Å². The average molecular weight is 483 g/mol. The first-order valence-corrected chi connectivity index (χ1v) is 11.2. The van der Waals surface area contributed by atoms with Crippen molar-refractivity contribution in [2.75, 3.05) is 23.8 Å². The Morgan fingerprint density at radius 3 is 2.46 bits per heavy atom. The lowest BCUT2D eigenvalue weighted by atomic mass is 10.1. The molecule has 0 fully saturated rings. The van der Waals surface area contributed by atoms with E-state index in [0.29, 0.717) is 12.0 Å². The first-order valence-electron chi connectivity index (χ1n) is 11.2. The molecule has 0 aliphatic carbocycles. The minimum Gasteiger partial charge on any atom is -0.456 e. The van der Waals surface area contributed by atoms with Gasteiger partial charge in [0.25, 0.3) is 11.5 Å². The number of anilines is 2. The minimum absolute atomic E-state index is 0.0917. The van der Waals surface area contributed by atoms with Gasteiger partial charge in [-0.15, -0.1) is 0 Å². The van der Waals surface area contributed by atoms with Crippen LogP contribution in [-0.4, -0.2) is 34.6 Å². The number of amides is 1. The molecule has 3 aromatic rings. The fraction of sp³-hybridized carbons (Fsp3) is 0.280. The molecule has 0 unspecified atom stereocenters. The number of benzene rings is 2. The molecule has 3 N–H and O–H groups in total. The summed E-state index contributed by atoms with van der Waals surface area (Å²) < 4.78 is 20.0. The van der Waals surface area contributed by atoms with Crippen LogP contribution in [0.3, 0.4) is 0 Å². The van der Waals surface area contributed by atoms with E-state index in [-0.39, 0.29) is 37.4 Å². The summed E-state index contributed by atoms with van der Waals surface area (Å²) in [5.74, 6) is -1.96. The van der Waals surface area contributed by atoms with Gasteiger partial charge in [0.2, 0.25) is 0 Å². The quantitative estimate of drug-likeness (QED) is 0.427. The Labute approximate surface area is 201 Å². The van der Waals surface area contributed by atoms with Crippen LogP contribution in [0.15, 0.2) is 64.2 Å². The van der Waals surface area contributed by atoms with E-state index in [9.17, 15) is 23.6 Å². The van der Waals surface area contributed by atoms with Crippen molar-refractivity contribution in [1.82, 2.24) is 9.55 Å². The predicted octanol–water partition coefficient (Wildman–Crippen LogP) is 2.23. The molecule has 35 heavy (non-hydrogen) atoms. The minimum atomic E-state index is -0.815. The van der Waals surface area contributed by atoms with Gasteiger partial charge in [-0.2, -0.15) is 0 Å². The van der Waals surface area contributed by atoms with Crippen LogP contribution in [-0.2, 0) is 27.3 Å². The lowest BCUT2D eigenvalue weighted by Gasteiger charge is -2.24. The molecule has 1 heterocycles. The van der Waals surface area contributed by atoms with Gasteiger partial charge in [-0.05, 0) is 30.0 Å². The van der Waals surface area contributed by atoms with E-state index in [1.165, 1.54) is 10.6 Å². The number of aryl methyl sites for hydroxylation is 1. The molecule has 0 radical (unpaired) electrons. The molecular formula is C25H27FN4O5. The van der Waals surface area contributed by atoms with Crippen molar-refractivity contribution in [3.8, 4) is 0 Å². The van der Waals surface area contributed by atoms with Crippen molar-refractivity contribution < 1.29 is 18.7 Å². The lowest BCUT2D eigenvalue weighted by Crippen LogP contribution is -2.43. The van der Waals surface area contributed by atoms with Gasteiger partial charge in [-0.1, -0.05) is 55.5 Å². The zero-order chi connectivity index (χ0) is 25.4. The second-order valence-corrected chi connectivity index (χ2v) is 7.86. The summed E-state index contributed by atoms with van der Waals surface area (Å²) in [4.78, 5) is 53.4. The van der Waals surface area contributed by atoms with Gasteiger partial charge >= 0.3 is 11.7 Å². The molecule has 2 aromatic carbocycles. The lowest BCUT2D eigenvalue weighted by molar-refractivity contribution is -0.147. The van der Waals surface area contributed by atoms with Crippen LogP contribution in [0.2, 0.25) is 0 Å². The third kappa shape index (κ3) is 6.44. The first kappa shape index (κ1) is 25.4. The van der Waals surface area contributed by atoms with Crippen LogP contribution < -0.4 is 21.9 Å². The number of nitrogen functional groups attached to an aromatic ring is 1. The second-order valence-electron chi connectivity index (χ2n) is 7.86. The average Bonchev–Trinajstić information content (AvgIpc) is 2.84. The summed E-state index contributed by atoms with van der Waals surface area (Å²) in [6, 6.07) is 15.1. The van der Waals surface area contributed by atoms with Gasteiger partial charge < -0.3 is 15.4 Å². The Balaban J connectivity index is 1.75. The summed E-state index contributed by atoms with van der Waals surface area (Å²) in [6.45, 7) is 1.37. The van der Waals surface area contributed by atoms with Crippen molar-refractivity contribution in [3.05, 3.63) is 92.4 Å². The van der Waals surface area contributed by atoms with Crippen LogP contribution in [0.4, 0.5) is 15.9 Å². The number of H-pyrrole nitrogens is 1.